The Hall–Kier alpha value is -5.46. The van der Waals surface area contributed by atoms with Gasteiger partial charge in [0.25, 0.3) is 0 Å². The molecule has 11 heteroatoms. The van der Waals surface area contributed by atoms with E-state index in [0.29, 0.717) is 36.5 Å². The molecule has 6 rings (SSSR count). The highest BCUT2D eigenvalue weighted by Crippen LogP contribution is 2.40. The summed E-state index contributed by atoms with van der Waals surface area (Å²) in [7, 11) is 0. The summed E-state index contributed by atoms with van der Waals surface area (Å²) < 4.78 is 13.1. The van der Waals surface area contributed by atoms with Crippen molar-refractivity contribution < 1.29 is 29.0 Å². The second-order valence-electron chi connectivity index (χ2n) is 13.4. The normalized spacial score (nSPS) is 16.6. The molecule has 0 spiro atoms. The third-order valence-corrected chi connectivity index (χ3v) is 10.4. The smallest absolute Gasteiger partial charge is 0.224 e. The average Bonchev–Trinajstić information content (AvgIpc) is 3.20. The Bertz CT molecular complexity index is 2060. The van der Waals surface area contributed by atoms with Gasteiger partial charge < -0.3 is 36.3 Å². The number of anilines is 3. The van der Waals surface area contributed by atoms with Crippen molar-refractivity contribution in [1.29, 1.82) is 0 Å². The number of para-hydroxylation sites is 2. The van der Waals surface area contributed by atoms with Crippen molar-refractivity contribution >= 4 is 46.5 Å². The lowest BCUT2D eigenvalue weighted by Crippen LogP contribution is -2.31. The summed E-state index contributed by atoms with van der Waals surface area (Å²) in [6.45, 7) is 1.82. The number of carbonyl (C=O) groups excluding carboxylic acids is 3. The Morgan fingerprint density at radius 3 is 2.20 bits per heavy atom. The van der Waals surface area contributed by atoms with Crippen LogP contribution in [0.3, 0.4) is 0 Å². The lowest BCUT2D eigenvalue weighted by Gasteiger charge is -2.36. The van der Waals surface area contributed by atoms with Gasteiger partial charge in [-0.1, -0.05) is 84.9 Å². The molecule has 0 radical (unpaired) electrons. The van der Waals surface area contributed by atoms with Crippen molar-refractivity contribution in [1.82, 2.24) is 5.32 Å². The van der Waals surface area contributed by atoms with Crippen LogP contribution in [-0.2, 0) is 37.0 Å². The van der Waals surface area contributed by atoms with Gasteiger partial charge in [-0.3, -0.25) is 14.4 Å². The Kier molecular flexibility index (Phi) is 13.7. The van der Waals surface area contributed by atoms with Crippen LogP contribution in [0.15, 0.2) is 126 Å². The predicted molar refractivity (Wildman–Crippen MR) is 217 cm³/mol. The first-order valence-electron chi connectivity index (χ1n) is 18.3. The predicted octanol–water partition coefficient (Wildman–Crippen LogP) is 8.15. The Labute approximate surface area is 325 Å². The second-order valence-corrected chi connectivity index (χ2v) is 14.5. The van der Waals surface area contributed by atoms with Gasteiger partial charge in [-0.25, -0.2) is 0 Å². The molecule has 1 aliphatic rings. The minimum absolute atomic E-state index is 0.0222. The molecule has 0 aliphatic carbocycles. The fourth-order valence-corrected chi connectivity index (χ4v) is 7.26. The summed E-state index contributed by atoms with van der Waals surface area (Å²) in [5.74, 6) is 0.289. The van der Waals surface area contributed by atoms with E-state index in [0.717, 1.165) is 44.0 Å². The molecule has 6 N–H and O–H groups in total. The average molecular weight is 759 g/mol. The summed E-state index contributed by atoms with van der Waals surface area (Å²) >= 11 is 1.69. The molecule has 1 aliphatic heterocycles. The monoisotopic (exact) mass is 758 g/mol. The molecule has 0 unspecified atom stereocenters. The van der Waals surface area contributed by atoms with E-state index in [9.17, 15) is 19.5 Å². The van der Waals surface area contributed by atoms with E-state index in [-0.39, 0.29) is 49.4 Å². The van der Waals surface area contributed by atoms with E-state index >= 15 is 0 Å². The van der Waals surface area contributed by atoms with Crippen LogP contribution in [0, 0.1) is 0 Å². The van der Waals surface area contributed by atoms with E-state index in [1.165, 1.54) is 6.92 Å². The van der Waals surface area contributed by atoms with Crippen LogP contribution < -0.4 is 21.7 Å². The molecule has 284 valence electrons. The molecule has 0 saturated carbocycles. The SMILES string of the molecule is CC(=O)Nc1ccc(SC[C@H]2C[C@@H](c3ccc(CO)cc3)O[C@@H](c3ccc(-c4ccccc4CNC(=O)CCCC(=O)Nc4ccccc4N)cc3)O2)cc1. The van der Waals surface area contributed by atoms with Crippen LogP contribution in [0.2, 0.25) is 0 Å². The Morgan fingerprint density at radius 1 is 0.782 bits per heavy atom. The highest BCUT2D eigenvalue weighted by atomic mass is 32.2. The fraction of sp³-hybridized carbons (Fsp3) is 0.250. The van der Waals surface area contributed by atoms with Gasteiger partial charge in [-0.05, 0) is 70.6 Å². The standard InChI is InChI=1S/C44H46N4O6S/c1-29(50)47-35-21-23-37(24-22-35)55-28-36-25-41(32-15-13-30(27-49)14-16-32)54-44(53-36)33-19-17-31(18-20-33)38-8-3-2-7-34(38)26-46-42(51)11-6-12-43(52)48-40-10-5-4-9-39(40)45/h2-5,7-10,13-24,36,41,44,49H,6,11-12,25-28,45H2,1H3,(H,46,51)(H,47,50)(H,48,52)/t36-,41+,44+/m1/s1. The van der Waals surface area contributed by atoms with E-state index < -0.39 is 6.29 Å². The number of rotatable bonds is 15. The maximum absolute atomic E-state index is 12.7. The number of nitrogens with two attached hydrogens (primary N) is 1. The van der Waals surface area contributed by atoms with Crippen molar-refractivity contribution in [2.45, 2.75) is 69.2 Å². The van der Waals surface area contributed by atoms with Gasteiger partial charge in [0, 0.05) is 54.6 Å². The number of hydrogen-bond donors (Lipinski definition) is 5. The molecule has 0 aromatic heterocycles. The number of aliphatic hydroxyl groups is 1. The fourth-order valence-electron chi connectivity index (χ4n) is 6.34. The zero-order chi connectivity index (χ0) is 38.6. The Morgan fingerprint density at radius 2 is 1.47 bits per heavy atom. The molecule has 10 nitrogen and oxygen atoms in total. The minimum atomic E-state index is -0.597. The quantitative estimate of drug-likeness (QED) is 0.0530. The molecule has 3 amide bonds. The molecule has 3 atom stereocenters. The first-order valence-corrected chi connectivity index (χ1v) is 19.3. The van der Waals surface area contributed by atoms with Crippen molar-refractivity contribution in [3.05, 3.63) is 144 Å². The van der Waals surface area contributed by atoms with E-state index in [1.54, 1.807) is 36.0 Å². The van der Waals surface area contributed by atoms with Crippen molar-refractivity contribution in [2.75, 3.05) is 22.1 Å². The maximum atomic E-state index is 12.7. The van der Waals surface area contributed by atoms with Gasteiger partial charge in [-0.2, -0.15) is 0 Å². The molecule has 5 aromatic carbocycles. The third-order valence-electron chi connectivity index (χ3n) is 9.26. The summed E-state index contributed by atoms with van der Waals surface area (Å²) in [4.78, 5) is 37.6. The molecule has 1 saturated heterocycles. The molecular weight excluding hydrogens is 713 g/mol. The van der Waals surface area contributed by atoms with Gasteiger partial charge >= 0.3 is 0 Å². The highest BCUT2D eigenvalue weighted by Gasteiger charge is 2.32. The number of nitrogen functional groups attached to an aromatic ring is 1. The number of benzene rings is 5. The van der Waals surface area contributed by atoms with E-state index in [1.807, 2.05) is 97.1 Å². The summed E-state index contributed by atoms with van der Waals surface area (Å²) in [5, 5.41) is 18.2. The summed E-state index contributed by atoms with van der Waals surface area (Å²) in [5.41, 5.74) is 13.4. The number of amides is 3. The van der Waals surface area contributed by atoms with Crippen molar-refractivity contribution in [3.63, 3.8) is 0 Å². The number of thioether (sulfide) groups is 1. The van der Waals surface area contributed by atoms with Crippen LogP contribution in [0.4, 0.5) is 17.1 Å². The molecular formula is C44H46N4O6S. The summed E-state index contributed by atoms with van der Waals surface area (Å²) in [6, 6.07) is 38.8. The lowest BCUT2D eigenvalue weighted by atomic mass is 9.97. The van der Waals surface area contributed by atoms with Gasteiger partial charge in [0.2, 0.25) is 17.7 Å². The topological polar surface area (TPSA) is 152 Å². The molecule has 1 fully saturated rings. The zero-order valence-corrected chi connectivity index (χ0v) is 31.5. The maximum Gasteiger partial charge on any atom is 0.224 e. The number of nitrogens with one attached hydrogen (secondary N) is 3. The van der Waals surface area contributed by atoms with Crippen LogP contribution in [0.1, 0.15) is 67.3 Å². The van der Waals surface area contributed by atoms with Gasteiger partial charge in [-0.15, -0.1) is 11.8 Å². The van der Waals surface area contributed by atoms with Crippen LogP contribution in [0.25, 0.3) is 11.1 Å². The molecule has 1 heterocycles. The van der Waals surface area contributed by atoms with Gasteiger partial charge in [0.1, 0.15) is 0 Å². The summed E-state index contributed by atoms with van der Waals surface area (Å²) in [6.07, 6.45) is 0.610. The van der Waals surface area contributed by atoms with Crippen molar-refractivity contribution in [2.24, 2.45) is 0 Å². The zero-order valence-electron chi connectivity index (χ0n) is 30.7. The van der Waals surface area contributed by atoms with Gasteiger partial charge in [0.15, 0.2) is 6.29 Å². The minimum Gasteiger partial charge on any atom is -0.397 e. The van der Waals surface area contributed by atoms with Crippen LogP contribution in [-0.4, -0.2) is 34.7 Å². The molecule has 0 bridgehead atoms. The highest BCUT2D eigenvalue weighted by molar-refractivity contribution is 7.99. The first-order chi connectivity index (χ1) is 26.7. The van der Waals surface area contributed by atoms with E-state index in [4.69, 9.17) is 15.2 Å². The van der Waals surface area contributed by atoms with Gasteiger partial charge in [0.05, 0.1) is 30.2 Å². The number of ether oxygens (including phenoxy) is 2. The number of carbonyl (C=O) groups is 3. The van der Waals surface area contributed by atoms with Crippen LogP contribution in [0.5, 0.6) is 0 Å². The van der Waals surface area contributed by atoms with Crippen molar-refractivity contribution in [3.8, 4) is 11.1 Å². The Balaban J connectivity index is 1.07. The molecule has 5 aromatic rings. The number of aliphatic hydroxyl groups excluding tert-OH is 1. The van der Waals surface area contributed by atoms with Crippen LogP contribution >= 0.6 is 11.8 Å². The first kappa shape index (κ1) is 39.2. The lowest BCUT2D eigenvalue weighted by molar-refractivity contribution is -0.245. The van der Waals surface area contributed by atoms with E-state index in [2.05, 4.69) is 16.0 Å². The molecule has 55 heavy (non-hydrogen) atoms. The largest absolute Gasteiger partial charge is 0.397 e. The third kappa shape index (κ3) is 11.3. The second kappa shape index (κ2) is 19.2. The number of hydrogen-bond acceptors (Lipinski definition) is 8.